The van der Waals surface area contributed by atoms with Gasteiger partial charge in [0.2, 0.25) is 15.9 Å². The van der Waals surface area contributed by atoms with E-state index < -0.39 is 39.9 Å². The molecule has 2 rings (SSSR count). The smallest absolute Gasteiger partial charge is 0.418 e. The number of carbonyl (C=O) groups is 1. The number of nitrogens with zero attached hydrogens (tertiary/aromatic N) is 1. The molecule has 7 nitrogen and oxygen atoms in total. The highest BCUT2D eigenvalue weighted by molar-refractivity contribution is 7.89. The molecule has 0 radical (unpaired) electrons. The zero-order valence-electron chi connectivity index (χ0n) is 16.5. The van der Waals surface area contributed by atoms with Crippen molar-refractivity contribution >= 4 is 21.6 Å². The lowest BCUT2D eigenvalue weighted by Gasteiger charge is -2.22. The van der Waals surface area contributed by atoms with Gasteiger partial charge in [-0.15, -0.1) is 0 Å². The Kier molecular flexibility index (Phi) is 7.32. The number of benzene rings is 2. The molecule has 11 heteroatoms. The first-order valence-electron chi connectivity index (χ1n) is 8.72. The van der Waals surface area contributed by atoms with Crippen molar-refractivity contribution in [2.24, 2.45) is 0 Å². The summed E-state index contributed by atoms with van der Waals surface area (Å²) in [5.41, 5.74) is -1.49. The molecule has 0 heterocycles. The maximum atomic E-state index is 13.1. The van der Waals surface area contributed by atoms with Crippen molar-refractivity contribution in [3.8, 4) is 11.5 Å². The van der Waals surface area contributed by atoms with Crippen LogP contribution in [0.3, 0.4) is 0 Å². The molecule has 2 aromatic carbocycles. The first-order valence-corrected chi connectivity index (χ1v) is 10.2. The summed E-state index contributed by atoms with van der Waals surface area (Å²) < 4.78 is 76.4. The van der Waals surface area contributed by atoms with E-state index in [1.807, 2.05) is 0 Å². The number of amides is 1. The summed E-state index contributed by atoms with van der Waals surface area (Å²) in [7, 11) is -1.56. The Bertz CT molecular complexity index is 1010. The monoisotopic (exact) mass is 446 g/mol. The van der Waals surface area contributed by atoms with Crippen LogP contribution in [0.15, 0.2) is 47.4 Å². The van der Waals surface area contributed by atoms with Gasteiger partial charge in [-0.25, -0.2) is 8.42 Å². The number of nitrogens with one attached hydrogen (secondary N) is 1. The first-order chi connectivity index (χ1) is 14.0. The summed E-state index contributed by atoms with van der Waals surface area (Å²) >= 11 is 0. The quantitative estimate of drug-likeness (QED) is 0.672. The van der Waals surface area contributed by atoms with Crippen molar-refractivity contribution in [2.45, 2.75) is 18.0 Å². The number of halogens is 3. The lowest BCUT2D eigenvalue weighted by molar-refractivity contribution is -0.137. The van der Waals surface area contributed by atoms with Gasteiger partial charge in [0.15, 0.2) is 0 Å². The molecule has 164 valence electrons. The molecule has 0 aliphatic carbocycles. The van der Waals surface area contributed by atoms with Crippen LogP contribution in [0.1, 0.15) is 12.5 Å². The van der Waals surface area contributed by atoms with E-state index in [4.69, 9.17) is 9.47 Å². The third-order valence-electron chi connectivity index (χ3n) is 4.17. The van der Waals surface area contributed by atoms with Crippen LogP contribution in [-0.2, 0) is 21.0 Å². The molecule has 1 N–H and O–H groups in total. The van der Waals surface area contributed by atoms with Crippen LogP contribution in [0.25, 0.3) is 0 Å². The molecule has 0 unspecified atom stereocenters. The van der Waals surface area contributed by atoms with Crippen LogP contribution in [0, 0.1) is 0 Å². The van der Waals surface area contributed by atoms with Crippen molar-refractivity contribution in [3.05, 3.63) is 48.0 Å². The van der Waals surface area contributed by atoms with Crippen molar-refractivity contribution in [2.75, 3.05) is 32.6 Å². The molecule has 0 fully saturated rings. The lowest BCUT2D eigenvalue weighted by atomic mass is 10.1. The van der Waals surface area contributed by atoms with Crippen molar-refractivity contribution in [3.63, 3.8) is 0 Å². The van der Waals surface area contributed by atoms with Gasteiger partial charge in [0.05, 0.1) is 32.0 Å². The third-order valence-corrected chi connectivity index (χ3v) is 6.11. The Morgan fingerprint density at radius 1 is 1.10 bits per heavy atom. The van der Waals surface area contributed by atoms with E-state index in [1.165, 1.54) is 51.5 Å². The second kappa shape index (κ2) is 9.35. The molecule has 0 saturated carbocycles. The average molecular weight is 446 g/mol. The minimum atomic E-state index is -4.67. The predicted octanol–water partition coefficient (Wildman–Crippen LogP) is 3.37. The summed E-state index contributed by atoms with van der Waals surface area (Å²) in [5.74, 6) is -0.620. The highest BCUT2D eigenvalue weighted by Crippen LogP contribution is 2.35. The van der Waals surface area contributed by atoms with Gasteiger partial charge in [-0.3, -0.25) is 4.79 Å². The Labute approximate surface area is 172 Å². The number of ether oxygens (including phenoxy) is 2. The van der Waals surface area contributed by atoms with E-state index in [2.05, 4.69) is 5.32 Å². The van der Waals surface area contributed by atoms with Gasteiger partial charge in [-0.2, -0.15) is 17.5 Å². The number of para-hydroxylation sites is 1. The molecule has 1 amide bonds. The van der Waals surface area contributed by atoms with Gasteiger partial charge in [0.25, 0.3) is 0 Å². The van der Waals surface area contributed by atoms with Crippen LogP contribution < -0.4 is 14.8 Å². The molecule has 0 aromatic heterocycles. The minimum absolute atomic E-state index is 0.0390. The minimum Gasteiger partial charge on any atom is -0.497 e. The van der Waals surface area contributed by atoms with Gasteiger partial charge in [0, 0.05) is 12.6 Å². The van der Waals surface area contributed by atoms with E-state index >= 15 is 0 Å². The van der Waals surface area contributed by atoms with Crippen LogP contribution in [-0.4, -0.2) is 45.9 Å². The fourth-order valence-corrected chi connectivity index (χ4v) is 4.26. The van der Waals surface area contributed by atoms with Gasteiger partial charge < -0.3 is 14.8 Å². The maximum absolute atomic E-state index is 13.1. The normalized spacial score (nSPS) is 12.0. The van der Waals surface area contributed by atoms with Crippen LogP contribution in [0.5, 0.6) is 11.5 Å². The number of hydrogen-bond donors (Lipinski definition) is 1. The molecule has 2 aromatic rings. The Hall–Kier alpha value is -2.79. The molecular formula is C19H21F3N2O5S. The SMILES string of the molecule is CCN(CC(=O)Nc1ccccc1C(F)(F)F)S(=O)(=O)c1cc(OC)ccc1OC. The molecule has 0 atom stereocenters. The van der Waals surface area contributed by atoms with E-state index in [0.717, 1.165) is 16.4 Å². The largest absolute Gasteiger partial charge is 0.497 e. The fraction of sp³-hybridized carbons (Fsp3) is 0.316. The molecule has 0 aliphatic rings. The molecule has 0 aliphatic heterocycles. The lowest BCUT2D eigenvalue weighted by Crippen LogP contribution is -2.38. The standard InChI is InChI=1S/C19H21F3N2O5S/c1-4-24(30(26,27)17-11-13(28-2)9-10-16(17)29-3)12-18(25)23-15-8-6-5-7-14(15)19(20,21)22/h5-11H,4,12H2,1-3H3,(H,23,25). The molecule has 30 heavy (non-hydrogen) atoms. The molecule has 0 spiro atoms. The number of hydrogen-bond acceptors (Lipinski definition) is 5. The third kappa shape index (κ3) is 5.22. The zero-order chi connectivity index (χ0) is 22.5. The topological polar surface area (TPSA) is 84.9 Å². The highest BCUT2D eigenvalue weighted by atomic mass is 32.2. The summed E-state index contributed by atoms with van der Waals surface area (Å²) in [4.78, 5) is 12.1. The van der Waals surface area contributed by atoms with Crippen molar-refractivity contribution in [1.29, 1.82) is 0 Å². The number of alkyl halides is 3. The fourth-order valence-electron chi connectivity index (χ4n) is 2.68. The average Bonchev–Trinajstić information content (AvgIpc) is 2.70. The van der Waals surface area contributed by atoms with Gasteiger partial charge in [-0.1, -0.05) is 19.1 Å². The summed E-state index contributed by atoms with van der Waals surface area (Å²) in [5, 5.41) is 2.14. The van der Waals surface area contributed by atoms with Gasteiger partial charge in [0.1, 0.15) is 16.4 Å². The van der Waals surface area contributed by atoms with Crippen LogP contribution >= 0.6 is 0 Å². The highest BCUT2D eigenvalue weighted by Gasteiger charge is 2.34. The summed E-state index contributed by atoms with van der Waals surface area (Å²) in [6, 6.07) is 8.60. The Morgan fingerprint density at radius 3 is 2.33 bits per heavy atom. The summed E-state index contributed by atoms with van der Waals surface area (Å²) in [6.45, 7) is 0.712. The van der Waals surface area contributed by atoms with Crippen LogP contribution in [0.4, 0.5) is 18.9 Å². The zero-order valence-corrected chi connectivity index (χ0v) is 17.3. The Morgan fingerprint density at radius 2 is 1.77 bits per heavy atom. The molecule has 0 bridgehead atoms. The number of methoxy groups -OCH3 is 2. The molecule has 0 saturated heterocycles. The number of sulfonamides is 1. The van der Waals surface area contributed by atoms with Gasteiger partial charge >= 0.3 is 6.18 Å². The molecular weight excluding hydrogens is 425 g/mol. The number of anilines is 1. The Balaban J connectivity index is 2.30. The predicted molar refractivity (Wildman–Crippen MR) is 104 cm³/mol. The van der Waals surface area contributed by atoms with Crippen LogP contribution in [0.2, 0.25) is 0 Å². The van der Waals surface area contributed by atoms with Gasteiger partial charge in [-0.05, 0) is 24.3 Å². The number of likely N-dealkylation sites (N-methyl/N-ethyl adjacent to an activating group) is 1. The number of rotatable bonds is 8. The van der Waals surface area contributed by atoms with Crippen molar-refractivity contribution in [1.82, 2.24) is 4.31 Å². The first kappa shape index (κ1) is 23.5. The second-order valence-electron chi connectivity index (χ2n) is 6.04. The van der Waals surface area contributed by atoms with Crippen molar-refractivity contribution < 1.29 is 35.9 Å². The second-order valence-corrected chi connectivity index (χ2v) is 7.95. The number of carbonyl (C=O) groups excluding carboxylic acids is 1. The van der Waals surface area contributed by atoms with E-state index in [0.29, 0.717) is 0 Å². The maximum Gasteiger partial charge on any atom is 0.418 e. The summed E-state index contributed by atoms with van der Waals surface area (Å²) in [6.07, 6.45) is -4.67. The van der Waals surface area contributed by atoms with E-state index in [9.17, 15) is 26.4 Å². The van der Waals surface area contributed by atoms with E-state index in [1.54, 1.807) is 0 Å². The van der Waals surface area contributed by atoms with E-state index in [-0.39, 0.29) is 22.9 Å².